The summed E-state index contributed by atoms with van der Waals surface area (Å²) in [4.78, 5) is 37.2. The van der Waals surface area contributed by atoms with Crippen molar-refractivity contribution in [2.24, 2.45) is 0 Å². The smallest absolute Gasteiger partial charge is 0.295 e. The van der Waals surface area contributed by atoms with Crippen LogP contribution in [0, 0.1) is 15.9 Å². The number of amides is 1. The van der Waals surface area contributed by atoms with Gasteiger partial charge in [0.15, 0.2) is 0 Å². The molecule has 0 aliphatic carbocycles. The Morgan fingerprint density at radius 1 is 1.19 bits per heavy atom. The second-order valence-corrected chi connectivity index (χ2v) is 7.59. The zero-order chi connectivity index (χ0) is 23.4. The maximum Gasteiger partial charge on any atom is 0.295 e. The monoisotopic (exact) mass is 442 g/mol. The zero-order valence-corrected chi connectivity index (χ0v) is 17.7. The van der Waals surface area contributed by atoms with Crippen LogP contribution < -0.4 is 0 Å². The Morgan fingerprint density at radius 3 is 2.44 bits per heavy atom. The Morgan fingerprint density at radius 2 is 1.84 bits per heavy atom. The molecule has 1 aliphatic rings. The second-order valence-electron chi connectivity index (χ2n) is 7.59. The highest BCUT2D eigenvalue weighted by Gasteiger charge is 2.46. The molecule has 3 rings (SSSR count). The van der Waals surface area contributed by atoms with Crippen molar-refractivity contribution in [2.45, 2.75) is 32.4 Å². The number of rotatable bonds is 8. The van der Waals surface area contributed by atoms with E-state index in [9.17, 15) is 29.2 Å². The molecule has 0 bridgehead atoms. The van der Waals surface area contributed by atoms with E-state index < -0.39 is 34.2 Å². The molecule has 2 aromatic carbocycles. The summed E-state index contributed by atoms with van der Waals surface area (Å²) in [7, 11) is 0. The van der Waals surface area contributed by atoms with Crippen LogP contribution in [-0.4, -0.2) is 45.9 Å². The summed E-state index contributed by atoms with van der Waals surface area (Å²) in [6, 6.07) is 9.48. The van der Waals surface area contributed by atoms with Crippen LogP contribution in [0.4, 0.5) is 10.1 Å². The number of aliphatic hydroxyl groups excluding tert-OH is 1. The Labute approximate surface area is 184 Å². The lowest BCUT2D eigenvalue weighted by Gasteiger charge is -2.25. The van der Waals surface area contributed by atoms with Gasteiger partial charge in [0.25, 0.3) is 17.4 Å². The molecule has 1 N–H and O–H groups in total. The van der Waals surface area contributed by atoms with Crippen LogP contribution >= 0.6 is 0 Å². The molecule has 1 heterocycles. The van der Waals surface area contributed by atoms with Crippen LogP contribution in [0.3, 0.4) is 0 Å². The number of carbonyl (C=O) groups excluding carboxylic acids is 2. The molecule has 0 radical (unpaired) electrons. The molecule has 9 heteroatoms. The number of nitrogens with zero attached hydrogens (tertiary/aromatic N) is 2. The van der Waals surface area contributed by atoms with Crippen molar-refractivity contribution in [1.29, 1.82) is 0 Å². The number of nitro groups is 1. The van der Waals surface area contributed by atoms with Gasteiger partial charge >= 0.3 is 0 Å². The van der Waals surface area contributed by atoms with E-state index >= 15 is 0 Å². The number of halogens is 1. The molecule has 1 fully saturated rings. The molecule has 32 heavy (non-hydrogen) atoms. The fourth-order valence-electron chi connectivity index (χ4n) is 3.58. The Balaban J connectivity index is 2.05. The number of nitro benzene ring substituents is 1. The second kappa shape index (κ2) is 9.69. The molecular weight excluding hydrogens is 419 g/mol. The highest BCUT2D eigenvalue weighted by atomic mass is 19.1. The van der Waals surface area contributed by atoms with E-state index in [1.165, 1.54) is 47.4 Å². The van der Waals surface area contributed by atoms with Gasteiger partial charge in [0, 0.05) is 36.4 Å². The fraction of sp³-hybridized carbons (Fsp3) is 0.304. The number of aliphatic hydroxyl groups is 1. The normalized spacial score (nSPS) is 17.9. The highest BCUT2D eigenvalue weighted by molar-refractivity contribution is 6.46. The van der Waals surface area contributed by atoms with Crippen molar-refractivity contribution < 1.29 is 28.7 Å². The number of ketones is 1. The third-order valence-corrected chi connectivity index (χ3v) is 5.09. The minimum absolute atomic E-state index is 0.00471. The van der Waals surface area contributed by atoms with Gasteiger partial charge in [0.1, 0.15) is 11.6 Å². The van der Waals surface area contributed by atoms with Crippen molar-refractivity contribution in [3.05, 3.63) is 81.2 Å². The van der Waals surface area contributed by atoms with Crippen LogP contribution in [0.25, 0.3) is 5.76 Å². The molecule has 0 unspecified atom stereocenters. The van der Waals surface area contributed by atoms with Gasteiger partial charge in [-0.3, -0.25) is 19.7 Å². The van der Waals surface area contributed by atoms with Gasteiger partial charge < -0.3 is 14.7 Å². The predicted molar refractivity (Wildman–Crippen MR) is 114 cm³/mol. The van der Waals surface area contributed by atoms with Crippen LogP contribution in [0.2, 0.25) is 0 Å². The Bertz CT molecular complexity index is 1060. The summed E-state index contributed by atoms with van der Waals surface area (Å²) in [5.74, 6) is -2.95. The fourth-order valence-corrected chi connectivity index (χ4v) is 3.58. The summed E-state index contributed by atoms with van der Waals surface area (Å²) in [6.07, 6.45) is 0.406. The summed E-state index contributed by atoms with van der Waals surface area (Å²) in [5, 5.41) is 21.8. The largest absolute Gasteiger partial charge is 0.507 e. The van der Waals surface area contributed by atoms with Crippen LogP contribution in [0.5, 0.6) is 0 Å². The Kier molecular flexibility index (Phi) is 6.99. The summed E-state index contributed by atoms with van der Waals surface area (Å²) < 4.78 is 20.2. The maximum absolute atomic E-state index is 14.7. The number of Topliss-reactive ketones (excluding diaryl/α,β-unsaturated/α-hetero) is 1. The van der Waals surface area contributed by atoms with Gasteiger partial charge in [0.2, 0.25) is 0 Å². The first kappa shape index (κ1) is 23.1. The molecule has 1 saturated heterocycles. The maximum atomic E-state index is 14.7. The molecule has 8 nitrogen and oxygen atoms in total. The van der Waals surface area contributed by atoms with Gasteiger partial charge in [0.05, 0.1) is 22.6 Å². The van der Waals surface area contributed by atoms with Crippen molar-refractivity contribution in [1.82, 2.24) is 4.90 Å². The standard InChI is InChI=1S/C23H23FN2O6/c1-14(2)32-13-5-12-25-20(17-6-3-4-7-18(17)24)19(22(28)23(25)29)21(27)15-8-10-16(11-9-15)26(30)31/h3-4,6-11,14,20,27H,5,12-13H2,1-2H3/t20-/m1/s1. The number of non-ortho nitro benzene ring substituents is 1. The summed E-state index contributed by atoms with van der Waals surface area (Å²) in [5.41, 5.74) is -0.283. The Hall–Kier alpha value is -3.59. The topological polar surface area (TPSA) is 110 Å². The van der Waals surface area contributed by atoms with E-state index in [0.717, 1.165) is 0 Å². The predicted octanol–water partition coefficient (Wildman–Crippen LogP) is 3.97. The molecule has 2 aromatic rings. The van der Waals surface area contributed by atoms with E-state index in [2.05, 4.69) is 0 Å². The van der Waals surface area contributed by atoms with Crippen LogP contribution in [0.1, 0.15) is 37.4 Å². The van der Waals surface area contributed by atoms with Gasteiger partial charge in [-0.25, -0.2) is 4.39 Å². The number of hydrogen-bond acceptors (Lipinski definition) is 6. The molecule has 1 aliphatic heterocycles. The molecule has 0 saturated carbocycles. The van der Waals surface area contributed by atoms with Crippen molar-refractivity contribution >= 4 is 23.1 Å². The molecule has 0 spiro atoms. The summed E-state index contributed by atoms with van der Waals surface area (Å²) >= 11 is 0. The van der Waals surface area contributed by atoms with E-state index in [4.69, 9.17) is 4.74 Å². The van der Waals surface area contributed by atoms with Gasteiger partial charge in [-0.1, -0.05) is 18.2 Å². The van der Waals surface area contributed by atoms with Gasteiger partial charge in [-0.05, 0) is 38.5 Å². The molecular formula is C23H23FN2O6. The number of likely N-dealkylation sites (tertiary alicyclic amines) is 1. The first-order chi connectivity index (χ1) is 15.2. The van der Waals surface area contributed by atoms with E-state index in [-0.39, 0.29) is 35.0 Å². The lowest BCUT2D eigenvalue weighted by atomic mass is 9.95. The SMILES string of the molecule is CC(C)OCCCN1C(=O)C(=O)C(=C(O)c2ccc([N+](=O)[O-])cc2)[C@H]1c1ccccc1F. The number of ether oxygens (including phenoxy) is 1. The minimum atomic E-state index is -1.13. The average molecular weight is 442 g/mol. The van der Waals surface area contributed by atoms with E-state index in [1.807, 2.05) is 13.8 Å². The molecule has 1 atom stereocenters. The lowest BCUT2D eigenvalue weighted by Crippen LogP contribution is -2.31. The highest BCUT2D eigenvalue weighted by Crippen LogP contribution is 2.40. The number of hydrogen-bond donors (Lipinski definition) is 1. The molecule has 1 amide bonds. The van der Waals surface area contributed by atoms with E-state index in [1.54, 1.807) is 6.07 Å². The third kappa shape index (κ3) is 4.67. The first-order valence-electron chi connectivity index (χ1n) is 10.1. The minimum Gasteiger partial charge on any atom is -0.507 e. The number of benzene rings is 2. The quantitative estimate of drug-likeness (QED) is 0.165. The van der Waals surface area contributed by atoms with Crippen LogP contribution in [-0.2, 0) is 14.3 Å². The molecule has 168 valence electrons. The summed E-state index contributed by atoms with van der Waals surface area (Å²) in [6.45, 7) is 4.20. The zero-order valence-electron chi connectivity index (χ0n) is 17.7. The van der Waals surface area contributed by atoms with E-state index in [0.29, 0.717) is 13.0 Å². The van der Waals surface area contributed by atoms with Gasteiger partial charge in [-0.2, -0.15) is 0 Å². The van der Waals surface area contributed by atoms with Crippen LogP contribution in [0.15, 0.2) is 54.1 Å². The first-order valence-corrected chi connectivity index (χ1v) is 10.1. The van der Waals surface area contributed by atoms with Gasteiger partial charge in [-0.15, -0.1) is 0 Å². The third-order valence-electron chi connectivity index (χ3n) is 5.09. The van der Waals surface area contributed by atoms with Crippen molar-refractivity contribution in [3.63, 3.8) is 0 Å². The molecule has 0 aromatic heterocycles. The average Bonchev–Trinajstić information content (AvgIpc) is 3.01. The van der Waals surface area contributed by atoms with Crippen molar-refractivity contribution in [3.8, 4) is 0 Å². The number of carbonyl (C=O) groups is 2. The van der Waals surface area contributed by atoms with Crippen molar-refractivity contribution in [2.75, 3.05) is 13.2 Å². The lowest BCUT2D eigenvalue weighted by molar-refractivity contribution is -0.384.